The van der Waals surface area contributed by atoms with Gasteiger partial charge in [0.1, 0.15) is 0 Å². The van der Waals surface area contributed by atoms with E-state index in [2.05, 4.69) is 71.2 Å². The Bertz CT molecular complexity index is 1860. The maximum atomic E-state index is 10.3. The van der Waals surface area contributed by atoms with E-state index in [0.717, 1.165) is 54.3 Å². The zero-order chi connectivity index (χ0) is 42.1. The number of hydrogen-bond donors (Lipinski definition) is 2. The van der Waals surface area contributed by atoms with E-state index >= 15 is 0 Å². The van der Waals surface area contributed by atoms with Gasteiger partial charge in [-0.05, 0) is 237 Å². The molecule has 0 aromatic rings. The molecule has 2 saturated heterocycles. The third-order valence-electron chi connectivity index (χ3n) is 21.5. The van der Waals surface area contributed by atoms with E-state index in [9.17, 15) is 5.26 Å². The number of likely N-dealkylation sites (N-methyl/N-ethyl adjacent to an activating group) is 1. The van der Waals surface area contributed by atoms with E-state index in [0.29, 0.717) is 59.6 Å². The van der Waals surface area contributed by atoms with E-state index < -0.39 is 0 Å². The molecule has 5 saturated carbocycles. The second-order valence-corrected chi connectivity index (χ2v) is 24.2. The Morgan fingerprint density at radius 1 is 0.667 bits per heavy atom. The summed E-state index contributed by atoms with van der Waals surface area (Å²) in [5, 5.41) is 18.8. The minimum absolute atomic E-state index is 0.176. The summed E-state index contributed by atoms with van der Waals surface area (Å²) in [5.41, 5.74) is 5.68. The van der Waals surface area contributed by atoms with E-state index in [4.69, 9.17) is 4.74 Å². The molecule has 0 radical (unpaired) electrons. The van der Waals surface area contributed by atoms with Gasteiger partial charge in [-0.1, -0.05) is 79.4 Å². The zero-order valence-electron chi connectivity index (χ0n) is 39.3. The number of allylic oxidation sites excluding steroid dienone is 9. The van der Waals surface area contributed by atoms with Gasteiger partial charge < -0.3 is 4.74 Å². The molecule has 2 aliphatic heterocycles. The van der Waals surface area contributed by atoms with E-state index in [1.54, 1.807) is 11.1 Å². The number of nitriles is 1. The summed E-state index contributed by atoms with van der Waals surface area (Å²) in [6.45, 7) is 0. The van der Waals surface area contributed by atoms with Crippen LogP contribution in [0.3, 0.4) is 0 Å². The molecular formula is C58H84N4O. The van der Waals surface area contributed by atoms with Crippen molar-refractivity contribution in [2.45, 2.75) is 204 Å². The summed E-state index contributed by atoms with van der Waals surface area (Å²) in [7, 11) is 2.43. The molecule has 12 aliphatic rings. The maximum absolute atomic E-state index is 10.3. The van der Waals surface area contributed by atoms with Gasteiger partial charge in [-0.2, -0.15) is 5.26 Å². The zero-order valence-corrected chi connectivity index (χ0v) is 39.3. The Morgan fingerprint density at radius 2 is 1.49 bits per heavy atom. The molecule has 0 aromatic carbocycles. The van der Waals surface area contributed by atoms with E-state index in [-0.39, 0.29) is 12.0 Å². The molecule has 10 aliphatic carbocycles. The third kappa shape index (κ3) is 7.51. The fourth-order valence-electron chi connectivity index (χ4n) is 18.9. The van der Waals surface area contributed by atoms with Crippen LogP contribution in [0, 0.1) is 93.7 Å². The van der Waals surface area contributed by atoms with Crippen molar-refractivity contribution in [3.05, 3.63) is 59.3 Å². The number of rotatable bonds is 5. The molecular weight excluding hydrogens is 769 g/mol. The van der Waals surface area contributed by atoms with Crippen LogP contribution in [0.4, 0.5) is 0 Å². The average Bonchev–Trinajstić information content (AvgIpc) is 3.62. The second kappa shape index (κ2) is 17.9. The smallest absolute Gasteiger partial charge is 0.0841 e. The third-order valence-corrected chi connectivity index (χ3v) is 21.5. The largest absolute Gasteiger partial charge is 0.374 e. The van der Waals surface area contributed by atoms with Crippen molar-refractivity contribution in [3.8, 4) is 6.07 Å². The summed E-state index contributed by atoms with van der Waals surface area (Å²) >= 11 is 0. The van der Waals surface area contributed by atoms with Gasteiger partial charge in [0.05, 0.1) is 36.8 Å². The first kappa shape index (κ1) is 42.4. The number of nitrogens with zero attached hydrogens (tertiary/aromatic N) is 2. The Kier molecular flexibility index (Phi) is 12.1. The first-order valence-electron chi connectivity index (χ1n) is 27.8. The molecule has 5 nitrogen and oxygen atoms in total. The predicted octanol–water partition coefficient (Wildman–Crippen LogP) is 12.9. The molecule has 18 atom stereocenters. The molecule has 342 valence electrons. The minimum atomic E-state index is 0.176. The monoisotopic (exact) mass is 853 g/mol. The molecule has 2 N–H and O–H groups in total. The summed E-state index contributed by atoms with van der Waals surface area (Å²) in [5.74, 6) is 8.90. The Hall–Kier alpha value is -1.97. The van der Waals surface area contributed by atoms with Crippen LogP contribution < -0.4 is 10.6 Å². The standard InChI is InChI=1S/C58H84N4O/c1-62-56(39-16-6-3-7-17-39)60-55(38-14-4-2-5-15-38)61-57(62)46-23-13-22-42(32-46)40-20-12-21-41(31-40)45-27-29-51-54(35-45)63-53-30-37(36-59)26-28-50(53)58(51)49-25-11-10-24-47(49)48-33-43-18-8-9-19-44(43)34-52(48)58/h10,13,16,22,24,31,34,37-38,41-43,45-57,60-61H,2-9,11-12,14-15,17-21,23,25-30,32-33,35H2,1H3. The van der Waals surface area contributed by atoms with Gasteiger partial charge in [-0.25, -0.2) is 0 Å². The number of ether oxygens (including phenoxy) is 1. The first-order chi connectivity index (χ1) is 31.1. The topological polar surface area (TPSA) is 60.3 Å². The van der Waals surface area contributed by atoms with Crippen LogP contribution in [-0.2, 0) is 4.74 Å². The van der Waals surface area contributed by atoms with Crippen LogP contribution in [0.15, 0.2) is 59.3 Å². The molecule has 0 bridgehead atoms. The van der Waals surface area contributed by atoms with Crippen LogP contribution in [0.5, 0.6) is 0 Å². The number of nitrogens with one attached hydrogen (secondary N) is 2. The van der Waals surface area contributed by atoms with E-state index in [1.165, 1.54) is 161 Å². The van der Waals surface area contributed by atoms with Gasteiger partial charge in [-0.15, -0.1) is 0 Å². The highest BCUT2D eigenvalue weighted by Gasteiger charge is 2.70. The van der Waals surface area contributed by atoms with E-state index in [1.807, 2.05) is 5.57 Å². The Balaban J connectivity index is 0.798. The normalized spacial score (nSPS) is 49.0. The van der Waals surface area contributed by atoms with Crippen molar-refractivity contribution in [1.82, 2.24) is 15.5 Å². The lowest BCUT2D eigenvalue weighted by Gasteiger charge is -2.63. The molecule has 0 amide bonds. The molecule has 2 heterocycles. The molecule has 1 spiro atoms. The molecule has 0 aromatic heterocycles. The predicted molar refractivity (Wildman–Crippen MR) is 255 cm³/mol. The van der Waals surface area contributed by atoms with Gasteiger partial charge in [-0.3, -0.25) is 15.5 Å². The van der Waals surface area contributed by atoms with Gasteiger partial charge in [0.2, 0.25) is 0 Å². The average molecular weight is 853 g/mol. The highest BCUT2D eigenvalue weighted by atomic mass is 16.5. The van der Waals surface area contributed by atoms with Crippen LogP contribution in [0.2, 0.25) is 0 Å². The summed E-state index contributed by atoms with van der Waals surface area (Å²) in [6.07, 6.45) is 56.8. The van der Waals surface area contributed by atoms with Crippen LogP contribution in [0.25, 0.3) is 0 Å². The van der Waals surface area contributed by atoms with Gasteiger partial charge in [0, 0.05) is 5.92 Å². The van der Waals surface area contributed by atoms with Crippen LogP contribution in [-0.4, -0.2) is 42.7 Å². The molecule has 18 unspecified atom stereocenters. The van der Waals surface area contributed by atoms with Crippen molar-refractivity contribution >= 4 is 0 Å². The Morgan fingerprint density at radius 3 is 2.37 bits per heavy atom. The lowest BCUT2D eigenvalue weighted by molar-refractivity contribution is -0.243. The highest BCUT2D eigenvalue weighted by Crippen LogP contribution is 2.73. The van der Waals surface area contributed by atoms with Crippen LogP contribution in [0.1, 0.15) is 173 Å². The van der Waals surface area contributed by atoms with Crippen molar-refractivity contribution in [3.63, 3.8) is 0 Å². The molecule has 5 heteroatoms. The van der Waals surface area contributed by atoms with Crippen molar-refractivity contribution in [2.75, 3.05) is 7.05 Å². The quantitative estimate of drug-likeness (QED) is 0.270. The van der Waals surface area contributed by atoms with Gasteiger partial charge in [0.15, 0.2) is 0 Å². The Labute approximate surface area is 382 Å². The molecule has 63 heavy (non-hydrogen) atoms. The van der Waals surface area contributed by atoms with Crippen molar-refractivity contribution in [2.24, 2.45) is 82.3 Å². The molecule has 7 fully saturated rings. The SMILES string of the molecule is CN1C(C2=CCCCC2)NC(C2CCCCC2)NC1C1CC=CC(C2=CC(C3CCC4C(C3)OC3CC(C#N)CCC3C43C4C=C5CCCCC5CC4C4C=CCCC43)CCC2)C1. The lowest BCUT2D eigenvalue weighted by Crippen LogP contribution is -2.71. The minimum Gasteiger partial charge on any atom is -0.374 e. The summed E-state index contributed by atoms with van der Waals surface area (Å²) < 4.78 is 7.60. The van der Waals surface area contributed by atoms with Gasteiger partial charge in [0.25, 0.3) is 0 Å². The van der Waals surface area contributed by atoms with Gasteiger partial charge >= 0.3 is 0 Å². The first-order valence-corrected chi connectivity index (χ1v) is 27.8. The van der Waals surface area contributed by atoms with Crippen molar-refractivity contribution in [1.29, 1.82) is 5.26 Å². The van der Waals surface area contributed by atoms with Crippen molar-refractivity contribution < 1.29 is 4.74 Å². The van der Waals surface area contributed by atoms with Crippen LogP contribution >= 0.6 is 0 Å². The fourth-order valence-corrected chi connectivity index (χ4v) is 18.9. The lowest BCUT2D eigenvalue weighted by atomic mass is 9.45. The summed E-state index contributed by atoms with van der Waals surface area (Å²) in [4.78, 5) is 2.73. The fraction of sp³-hybridized carbons (Fsp3) is 0.810. The highest BCUT2D eigenvalue weighted by molar-refractivity contribution is 5.30. The maximum Gasteiger partial charge on any atom is 0.0841 e. The second-order valence-electron chi connectivity index (χ2n) is 24.2. The summed E-state index contributed by atoms with van der Waals surface area (Å²) in [6, 6.07) is 2.77. The molecule has 12 rings (SSSR count). The number of fused-ring (bicyclic) bond motifs is 10. The number of hydrogen-bond acceptors (Lipinski definition) is 5.